The number of carbonyl (C=O) groups excluding carboxylic acids is 1. The van der Waals surface area contributed by atoms with E-state index in [1.54, 1.807) is 11.8 Å². The van der Waals surface area contributed by atoms with Crippen LogP contribution in [0.25, 0.3) is 0 Å². The van der Waals surface area contributed by atoms with Crippen molar-refractivity contribution in [3.63, 3.8) is 0 Å². The predicted octanol–water partition coefficient (Wildman–Crippen LogP) is 2.43. The number of carbonyl (C=O) groups is 1. The third-order valence-electron chi connectivity index (χ3n) is 1.61. The molecule has 94 valence electrons. The summed E-state index contributed by atoms with van der Waals surface area (Å²) < 4.78 is 1.75. The second kappa shape index (κ2) is 8.54. The molecule has 1 rings (SSSR count). The molecule has 0 bridgehead atoms. The smallest absolute Gasteiger partial charge is 0.230 e. The summed E-state index contributed by atoms with van der Waals surface area (Å²) in [5.74, 6) is 1.28. The molecule has 0 saturated heterocycles. The third-order valence-corrected chi connectivity index (χ3v) is 4.80. The fourth-order valence-electron chi connectivity index (χ4n) is 0.887. The highest BCUT2D eigenvalue weighted by molar-refractivity contribution is 8.03. The van der Waals surface area contributed by atoms with Crippen LogP contribution in [0.5, 0.6) is 0 Å². The zero-order valence-electron chi connectivity index (χ0n) is 9.64. The lowest BCUT2D eigenvalue weighted by atomic mass is 10.5. The summed E-state index contributed by atoms with van der Waals surface area (Å²) in [5, 5.41) is 10.9. The van der Waals surface area contributed by atoms with Crippen LogP contribution in [-0.2, 0) is 4.79 Å². The molecule has 0 aliphatic heterocycles. The maximum Gasteiger partial charge on any atom is 0.230 e. The standard InChI is InChI=1S/C10H15N3OS3/c1-3-5-11-8(14)7-16-10-13-12-9(17-10)15-6-4-2/h4H,2-3,5-7H2,1H3,(H,11,14). The van der Waals surface area contributed by atoms with Crippen molar-refractivity contribution in [2.75, 3.05) is 18.1 Å². The van der Waals surface area contributed by atoms with Crippen molar-refractivity contribution < 1.29 is 4.79 Å². The highest BCUT2D eigenvalue weighted by atomic mass is 32.2. The van der Waals surface area contributed by atoms with Gasteiger partial charge in [0.25, 0.3) is 0 Å². The number of thioether (sulfide) groups is 2. The Kier molecular flexibility index (Phi) is 7.30. The van der Waals surface area contributed by atoms with Gasteiger partial charge in [0.15, 0.2) is 8.68 Å². The molecule has 1 amide bonds. The molecule has 0 saturated carbocycles. The molecule has 1 heterocycles. The molecular formula is C10H15N3OS3. The first-order valence-corrected chi connectivity index (χ1v) is 8.01. The number of nitrogens with one attached hydrogen (secondary N) is 1. The second-order valence-electron chi connectivity index (χ2n) is 3.07. The lowest BCUT2D eigenvalue weighted by Crippen LogP contribution is -2.25. The molecule has 0 atom stereocenters. The lowest BCUT2D eigenvalue weighted by molar-refractivity contribution is -0.118. The van der Waals surface area contributed by atoms with E-state index in [9.17, 15) is 4.79 Å². The van der Waals surface area contributed by atoms with Crippen LogP contribution in [0.2, 0.25) is 0 Å². The molecule has 0 aliphatic rings. The zero-order chi connectivity index (χ0) is 12.5. The second-order valence-corrected chi connectivity index (χ2v) is 6.54. The van der Waals surface area contributed by atoms with Gasteiger partial charge in [0.1, 0.15) is 0 Å². The molecule has 0 aromatic carbocycles. The van der Waals surface area contributed by atoms with E-state index in [0.29, 0.717) is 5.75 Å². The number of hydrogen-bond acceptors (Lipinski definition) is 6. The van der Waals surface area contributed by atoms with Crippen molar-refractivity contribution in [1.29, 1.82) is 0 Å². The average molecular weight is 289 g/mol. The molecule has 0 aliphatic carbocycles. The Morgan fingerprint density at radius 3 is 2.82 bits per heavy atom. The largest absolute Gasteiger partial charge is 0.355 e. The first-order valence-electron chi connectivity index (χ1n) is 5.23. The van der Waals surface area contributed by atoms with Crippen LogP contribution >= 0.6 is 34.9 Å². The van der Waals surface area contributed by atoms with E-state index >= 15 is 0 Å². The zero-order valence-corrected chi connectivity index (χ0v) is 12.1. The van der Waals surface area contributed by atoms with Crippen molar-refractivity contribution in [1.82, 2.24) is 15.5 Å². The minimum absolute atomic E-state index is 0.0485. The molecular weight excluding hydrogens is 274 g/mol. The van der Waals surface area contributed by atoms with Crippen LogP contribution in [0.1, 0.15) is 13.3 Å². The van der Waals surface area contributed by atoms with Crippen molar-refractivity contribution in [3.05, 3.63) is 12.7 Å². The Labute approximate surface area is 114 Å². The number of nitrogens with zero attached hydrogens (tertiary/aromatic N) is 2. The molecule has 17 heavy (non-hydrogen) atoms. The third kappa shape index (κ3) is 6.09. The minimum atomic E-state index is 0.0485. The van der Waals surface area contributed by atoms with Crippen LogP contribution in [0.15, 0.2) is 21.3 Å². The molecule has 1 N–H and O–H groups in total. The minimum Gasteiger partial charge on any atom is -0.355 e. The predicted molar refractivity (Wildman–Crippen MR) is 74.9 cm³/mol. The topological polar surface area (TPSA) is 54.9 Å². The van der Waals surface area contributed by atoms with Gasteiger partial charge >= 0.3 is 0 Å². The highest BCUT2D eigenvalue weighted by Crippen LogP contribution is 2.28. The molecule has 0 spiro atoms. The SMILES string of the molecule is C=CCSc1nnc(SCC(=O)NCCC)s1. The summed E-state index contributed by atoms with van der Waals surface area (Å²) in [7, 11) is 0. The van der Waals surface area contributed by atoms with Gasteiger partial charge in [0.2, 0.25) is 5.91 Å². The quantitative estimate of drug-likeness (QED) is 0.588. The number of aromatic nitrogens is 2. The Morgan fingerprint density at radius 1 is 1.47 bits per heavy atom. The monoisotopic (exact) mass is 289 g/mol. The Balaban J connectivity index is 2.29. The van der Waals surface area contributed by atoms with E-state index in [1.807, 2.05) is 13.0 Å². The summed E-state index contributed by atoms with van der Waals surface area (Å²) in [4.78, 5) is 11.4. The van der Waals surface area contributed by atoms with Gasteiger partial charge < -0.3 is 5.32 Å². The van der Waals surface area contributed by atoms with Crippen LogP contribution in [-0.4, -0.2) is 34.2 Å². The summed E-state index contributed by atoms with van der Waals surface area (Å²) in [5.41, 5.74) is 0. The van der Waals surface area contributed by atoms with E-state index < -0.39 is 0 Å². The molecule has 4 nitrogen and oxygen atoms in total. The fourth-order valence-corrected chi connectivity index (χ4v) is 3.50. The van der Waals surface area contributed by atoms with Gasteiger partial charge in [-0.25, -0.2) is 0 Å². The van der Waals surface area contributed by atoms with E-state index in [4.69, 9.17) is 0 Å². The van der Waals surface area contributed by atoms with Gasteiger partial charge in [-0.1, -0.05) is 47.9 Å². The van der Waals surface area contributed by atoms with Crippen molar-refractivity contribution >= 4 is 40.8 Å². The van der Waals surface area contributed by atoms with Gasteiger partial charge in [-0.15, -0.1) is 16.8 Å². The van der Waals surface area contributed by atoms with Crippen LogP contribution in [0.4, 0.5) is 0 Å². The van der Waals surface area contributed by atoms with Crippen LogP contribution in [0, 0.1) is 0 Å². The molecule has 0 unspecified atom stereocenters. The average Bonchev–Trinajstić information content (AvgIpc) is 2.79. The summed E-state index contributed by atoms with van der Waals surface area (Å²) in [6.45, 7) is 6.41. The fraction of sp³-hybridized carbons (Fsp3) is 0.500. The van der Waals surface area contributed by atoms with Crippen molar-refractivity contribution in [2.45, 2.75) is 22.0 Å². The summed E-state index contributed by atoms with van der Waals surface area (Å²) in [6.07, 6.45) is 2.79. The molecule has 1 aromatic heterocycles. The van der Waals surface area contributed by atoms with E-state index in [0.717, 1.165) is 27.4 Å². The first-order chi connectivity index (χ1) is 8.26. The summed E-state index contributed by atoms with van der Waals surface area (Å²) >= 11 is 4.54. The van der Waals surface area contributed by atoms with Gasteiger partial charge in [-0.3, -0.25) is 4.79 Å². The number of amides is 1. The van der Waals surface area contributed by atoms with Gasteiger partial charge in [0, 0.05) is 12.3 Å². The molecule has 0 fully saturated rings. The Hall–Kier alpha value is -0.530. The van der Waals surface area contributed by atoms with Gasteiger partial charge in [-0.2, -0.15) is 0 Å². The molecule has 1 aromatic rings. The normalized spacial score (nSPS) is 10.2. The maximum absolute atomic E-state index is 11.4. The lowest BCUT2D eigenvalue weighted by Gasteiger charge is -2.00. The number of hydrogen-bond donors (Lipinski definition) is 1. The molecule has 7 heteroatoms. The first kappa shape index (κ1) is 14.5. The van der Waals surface area contributed by atoms with Crippen molar-refractivity contribution in [2.24, 2.45) is 0 Å². The van der Waals surface area contributed by atoms with E-state index in [2.05, 4.69) is 22.1 Å². The number of rotatable bonds is 8. The maximum atomic E-state index is 11.4. The Morgan fingerprint density at radius 2 is 2.18 bits per heavy atom. The van der Waals surface area contributed by atoms with Gasteiger partial charge in [0.05, 0.1) is 5.75 Å². The van der Waals surface area contributed by atoms with Crippen LogP contribution < -0.4 is 5.32 Å². The van der Waals surface area contributed by atoms with E-state index in [1.165, 1.54) is 23.1 Å². The molecule has 0 radical (unpaired) electrons. The van der Waals surface area contributed by atoms with Gasteiger partial charge in [-0.05, 0) is 6.42 Å². The van der Waals surface area contributed by atoms with Crippen molar-refractivity contribution in [3.8, 4) is 0 Å². The Bertz CT molecular complexity index is 367. The van der Waals surface area contributed by atoms with E-state index in [-0.39, 0.29) is 5.91 Å². The highest BCUT2D eigenvalue weighted by Gasteiger charge is 2.07. The summed E-state index contributed by atoms with van der Waals surface area (Å²) in [6, 6.07) is 0. The van der Waals surface area contributed by atoms with Crippen LogP contribution in [0.3, 0.4) is 0 Å².